The van der Waals surface area contributed by atoms with Gasteiger partial charge in [-0.05, 0) is 18.2 Å². The molecule has 2 N–H and O–H groups in total. The highest BCUT2D eigenvalue weighted by molar-refractivity contribution is 9.10. The van der Waals surface area contributed by atoms with Crippen molar-refractivity contribution >= 4 is 32.9 Å². The molecule has 1 aliphatic heterocycles. The SMILES string of the molecule is Cn1c(CC2NCCNC2=O)nc2cc(Br)ccc21. The predicted molar refractivity (Wildman–Crippen MR) is 76.9 cm³/mol. The average Bonchev–Trinajstić information content (AvgIpc) is 2.68. The topological polar surface area (TPSA) is 59.0 Å². The van der Waals surface area contributed by atoms with Crippen molar-refractivity contribution in [1.82, 2.24) is 20.2 Å². The summed E-state index contributed by atoms with van der Waals surface area (Å²) in [4.78, 5) is 16.4. The van der Waals surface area contributed by atoms with Gasteiger partial charge in [-0.2, -0.15) is 0 Å². The lowest BCUT2D eigenvalue weighted by atomic mass is 10.1. The number of amides is 1. The molecular weight excluding hydrogens is 308 g/mol. The number of hydrogen-bond acceptors (Lipinski definition) is 3. The smallest absolute Gasteiger partial charge is 0.237 e. The van der Waals surface area contributed by atoms with E-state index < -0.39 is 0 Å². The zero-order chi connectivity index (χ0) is 13.4. The zero-order valence-corrected chi connectivity index (χ0v) is 12.2. The highest BCUT2D eigenvalue weighted by Crippen LogP contribution is 2.20. The Morgan fingerprint density at radius 2 is 2.32 bits per heavy atom. The summed E-state index contributed by atoms with van der Waals surface area (Å²) in [6, 6.07) is 5.84. The van der Waals surface area contributed by atoms with Crippen molar-refractivity contribution in [2.45, 2.75) is 12.5 Å². The third-order valence-corrected chi connectivity index (χ3v) is 3.95. The number of hydrogen-bond donors (Lipinski definition) is 2. The van der Waals surface area contributed by atoms with Gasteiger partial charge in [-0.1, -0.05) is 15.9 Å². The lowest BCUT2D eigenvalue weighted by molar-refractivity contribution is -0.124. The number of benzene rings is 1. The second-order valence-corrected chi connectivity index (χ2v) is 5.64. The summed E-state index contributed by atoms with van der Waals surface area (Å²) in [5.41, 5.74) is 2.03. The number of piperazine rings is 1. The van der Waals surface area contributed by atoms with Gasteiger partial charge in [0, 0.05) is 31.0 Å². The third kappa shape index (κ3) is 2.37. The summed E-state index contributed by atoms with van der Waals surface area (Å²) in [6.07, 6.45) is 0.606. The van der Waals surface area contributed by atoms with Gasteiger partial charge in [0.1, 0.15) is 5.82 Å². The fraction of sp³-hybridized carbons (Fsp3) is 0.385. The summed E-state index contributed by atoms with van der Waals surface area (Å²) in [6.45, 7) is 1.51. The van der Waals surface area contributed by atoms with Crippen molar-refractivity contribution in [2.24, 2.45) is 7.05 Å². The average molecular weight is 323 g/mol. The molecule has 3 rings (SSSR count). The lowest BCUT2D eigenvalue weighted by Gasteiger charge is -2.23. The molecule has 1 fully saturated rings. The van der Waals surface area contributed by atoms with E-state index in [0.717, 1.165) is 27.9 Å². The van der Waals surface area contributed by atoms with Crippen LogP contribution in [0.2, 0.25) is 0 Å². The van der Waals surface area contributed by atoms with E-state index >= 15 is 0 Å². The van der Waals surface area contributed by atoms with Gasteiger partial charge in [-0.25, -0.2) is 4.98 Å². The van der Waals surface area contributed by atoms with Crippen LogP contribution in [0.1, 0.15) is 5.82 Å². The molecule has 2 heterocycles. The largest absolute Gasteiger partial charge is 0.353 e. The molecule has 1 aromatic carbocycles. The number of carbonyl (C=O) groups is 1. The number of rotatable bonds is 2. The van der Waals surface area contributed by atoms with E-state index in [2.05, 4.69) is 31.5 Å². The van der Waals surface area contributed by atoms with Crippen LogP contribution in [0.3, 0.4) is 0 Å². The maximum absolute atomic E-state index is 11.8. The van der Waals surface area contributed by atoms with Crippen LogP contribution in [0.4, 0.5) is 0 Å². The number of nitrogens with zero attached hydrogens (tertiary/aromatic N) is 2. The summed E-state index contributed by atoms with van der Waals surface area (Å²) in [5.74, 6) is 0.974. The van der Waals surface area contributed by atoms with Crippen LogP contribution in [-0.2, 0) is 18.3 Å². The van der Waals surface area contributed by atoms with Crippen LogP contribution in [0.15, 0.2) is 22.7 Å². The van der Waals surface area contributed by atoms with Gasteiger partial charge in [0.2, 0.25) is 5.91 Å². The monoisotopic (exact) mass is 322 g/mol. The molecule has 0 radical (unpaired) electrons. The first-order valence-corrected chi connectivity index (χ1v) is 7.06. The van der Waals surface area contributed by atoms with Gasteiger partial charge in [0.05, 0.1) is 17.1 Å². The van der Waals surface area contributed by atoms with E-state index in [4.69, 9.17) is 0 Å². The fourth-order valence-electron chi connectivity index (χ4n) is 2.40. The Kier molecular flexibility index (Phi) is 3.28. The lowest BCUT2D eigenvalue weighted by Crippen LogP contribution is -2.53. The Morgan fingerprint density at radius 3 is 3.11 bits per heavy atom. The summed E-state index contributed by atoms with van der Waals surface area (Å²) in [7, 11) is 1.99. The second-order valence-electron chi connectivity index (χ2n) is 4.72. The standard InChI is InChI=1S/C13H15BrN4O/c1-18-11-3-2-8(14)6-9(11)17-12(18)7-10-13(19)16-5-4-15-10/h2-3,6,10,15H,4-5,7H2,1H3,(H,16,19). The second kappa shape index (κ2) is 4.94. The Bertz CT molecular complexity index is 637. The summed E-state index contributed by atoms with van der Waals surface area (Å²) < 4.78 is 3.06. The Balaban J connectivity index is 1.92. The zero-order valence-electron chi connectivity index (χ0n) is 10.6. The van der Waals surface area contributed by atoms with E-state index in [1.54, 1.807) is 0 Å². The molecule has 2 aromatic rings. The summed E-state index contributed by atoms with van der Waals surface area (Å²) >= 11 is 3.45. The van der Waals surface area contributed by atoms with Gasteiger partial charge in [-0.3, -0.25) is 4.79 Å². The quantitative estimate of drug-likeness (QED) is 0.866. The van der Waals surface area contributed by atoms with E-state index in [9.17, 15) is 4.79 Å². The highest BCUT2D eigenvalue weighted by atomic mass is 79.9. The first kappa shape index (κ1) is 12.6. The van der Waals surface area contributed by atoms with E-state index in [0.29, 0.717) is 13.0 Å². The molecule has 1 unspecified atom stereocenters. The number of imidazole rings is 1. The van der Waals surface area contributed by atoms with Crippen LogP contribution < -0.4 is 10.6 Å². The van der Waals surface area contributed by atoms with Crippen molar-refractivity contribution in [3.63, 3.8) is 0 Å². The van der Waals surface area contributed by atoms with Crippen LogP contribution >= 0.6 is 15.9 Å². The predicted octanol–water partition coefficient (Wildman–Crippen LogP) is 0.966. The van der Waals surface area contributed by atoms with Gasteiger partial charge in [0.25, 0.3) is 0 Å². The number of fused-ring (bicyclic) bond motifs is 1. The number of aryl methyl sites for hydroxylation is 1. The molecule has 0 bridgehead atoms. The summed E-state index contributed by atoms with van der Waals surface area (Å²) in [5, 5.41) is 6.09. The van der Waals surface area contributed by atoms with E-state index in [1.165, 1.54) is 0 Å². The van der Waals surface area contributed by atoms with Gasteiger partial charge >= 0.3 is 0 Å². The molecule has 100 valence electrons. The minimum Gasteiger partial charge on any atom is -0.353 e. The molecule has 1 aliphatic rings. The van der Waals surface area contributed by atoms with Crippen LogP contribution in [0.25, 0.3) is 11.0 Å². The molecular formula is C13H15BrN4O. The molecule has 1 aromatic heterocycles. The maximum Gasteiger partial charge on any atom is 0.237 e. The normalized spacial score (nSPS) is 19.7. The van der Waals surface area contributed by atoms with Crippen molar-refractivity contribution < 1.29 is 4.79 Å². The number of carbonyl (C=O) groups excluding carboxylic acids is 1. The Hall–Kier alpha value is -1.40. The molecule has 0 spiro atoms. The maximum atomic E-state index is 11.8. The number of nitrogens with one attached hydrogen (secondary N) is 2. The van der Waals surface area contributed by atoms with Gasteiger partial charge < -0.3 is 15.2 Å². The van der Waals surface area contributed by atoms with E-state index in [1.807, 2.05) is 29.8 Å². The Labute approximate surface area is 119 Å². The molecule has 1 amide bonds. The minimum absolute atomic E-state index is 0.0551. The molecule has 0 saturated carbocycles. The highest BCUT2D eigenvalue weighted by Gasteiger charge is 2.23. The Morgan fingerprint density at radius 1 is 1.47 bits per heavy atom. The molecule has 19 heavy (non-hydrogen) atoms. The van der Waals surface area contributed by atoms with Crippen LogP contribution in [-0.4, -0.2) is 34.6 Å². The van der Waals surface area contributed by atoms with Crippen LogP contribution in [0.5, 0.6) is 0 Å². The van der Waals surface area contributed by atoms with E-state index in [-0.39, 0.29) is 11.9 Å². The van der Waals surface area contributed by atoms with Crippen molar-refractivity contribution in [3.05, 3.63) is 28.5 Å². The number of halogens is 1. The molecule has 6 heteroatoms. The van der Waals surface area contributed by atoms with Gasteiger partial charge in [0.15, 0.2) is 0 Å². The minimum atomic E-state index is -0.187. The molecule has 1 atom stereocenters. The first-order valence-electron chi connectivity index (χ1n) is 6.27. The van der Waals surface area contributed by atoms with Crippen LogP contribution in [0, 0.1) is 0 Å². The van der Waals surface area contributed by atoms with Crippen molar-refractivity contribution in [3.8, 4) is 0 Å². The number of aromatic nitrogens is 2. The molecule has 5 nitrogen and oxygen atoms in total. The third-order valence-electron chi connectivity index (χ3n) is 3.45. The first-order chi connectivity index (χ1) is 9.15. The molecule has 0 aliphatic carbocycles. The molecule has 1 saturated heterocycles. The fourth-order valence-corrected chi connectivity index (χ4v) is 2.75. The van der Waals surface area contributed by atoms with Gasteiger partial charge in [-0.15, -0.1) is 0 Å². The van der Waals surface area contributed by atoms with Crippen molar-refractivity contribution in [2.75, 3.05) is 13.1 Å². The van der Waals surface area contributed by atoms with Crippen molar-refractivity contribution in [1.29, 1.82) is 0 Å².